The van der Waals surface area contributed by atoms with E-state index in [4.69, 9.17) is 23.2 Å². The van der Waals surface area contributed by atoms with Gasteiger partial charge in [0, 0.05) is 6.92 Å². The molecule has 1 heterocycles. The van der Waals surface area contributed by atoms with Crippen molar-refractivity contribution in [2.75, 3.05) is 0 Å². The summed E-state index contributed by atoms with van der Waals surface area (Å²) in [6.07, 6.45) is 0. The van der Waals surface area contributed by atoms with Crippen LogP contribution < -0.4 is 10.9 Å². The normalized spacial score (nSPS) is 10.5. The summed E-state index contributed by atoms with van der Waals surface area (Å²) < 4.78 is 0. The Hall–Kier alpha value is -1.92. The summed E-state index contributed by atoms with van der Waals surface area (Å²) in [5.41, 5.74) is -0.493. The van der Waals surface area contributed by atoms with Gasteiger partial charge in [-0.25, -0.2) is 4.98 Å². The third-order valence-electron chi connectivity index (χ3n) is 2.24. The summed E-state index contributed by atoms with van der Waals surface area (Å²) in [5, 5.41) is 2.47. The molecule has 0 aliphatic carbocycles. The van der Waals surface area contributed by atoms with Crippen LogP contribution in [0.15, 0.2) is 16.9 Å². The summed E-state index contributed by atoms with van der Waals surface area (Å²) >= 11 is 11.6. The van der Waals surface area contributed by atoms with Gasteiger partial charge >= 0.3 is 0 Å². The molecule has 6 nitrogen and oxygen atoms in total. The molecule has 1 aromatic carbocycles. The lowest BCUT2D eigenvalue weighted by Gasteiger charge is -2.03. The first kappa shape index (κ1) is 13.5. The van der Waals surface area contributed by atoms with Crippen molar-refractivity contribution in [1.29, 1.82) is 0 Å². The summed E-state index contributed by atoms with van der Waals surface area (Å²) in [7, 11) is 0. The zero-order valence-electron chi connectivity index (χ0n) is 9.58. The average molecular weight is 300 g/mol. The smallest absolute Gasteiger partial charge is 0.282 e. The summed E-state index contributed by atoms with van der Waals surface area (Å²) in [6.45, 7) is 1.16. The van der Waals surface area contributed by atoms with Crippen molar-refractivity contribution < 1.29 is 9.59 Å². The fourth-order valence-corrected chi connectivity index (χ4v) is 1.78. The van der Waals surface area contributed by atoms with Crippen LogP contribution in [0.3, 0.4) is 0 Å². The Morgan fingerprint density at radius 1 is 1.26 bits per heavy atom. The highest BCUT2D eigenvalue weighted by Crippen LogP contribution is 2.25. The van der Waals surface area contributed by atoms with E-state index in [1.807, 2.05) is 5.32 Å². The van der Waals surface area contributed by atoms with Crippen LogP contribution in [-0.2, 0) is 4.79 Å². The van der Waals surface area contributed by atoms with E-state index in [2.05, 4.69) is 9.97 Å². The fourth-order valence-electron chi connectivity index (χ4n) is 1.45. The van der Waals surface area contributed by atoms with Crippen LogP contribution in [0.4, 0.5) is 0 Å². The van der Waals surface area contributed by atoms with E-state index in [0.717, 1.165) is 6.92 Å². The van der Waals surface area contributed by atoms with Crippen molar-refractivity contribution in [2.24, 2.45) is 0 Å². The molecule has 0 atom stereocenters. The topological polar surface area (TPSA) is 91.9 Å². The predicted octanol–water partition coefficient (Wildman–Crippen LogP) is 1.51. The number of benzene rings is 1. The Kier molecular flexibility index (Phi) is 3.55. The van der Waals surface area contributed by atoms with E-state index in [0.29, 0.717) is 11.0 Å². The van der Waals surface area contributed by atoms with Gasteiger partial charge in [0.2, 0.25) is 5.91 Å². The van der Waals surface area contributed by atoms with Crippen molar-refractivity contribution in [2.45, 2.75) is 6.92 Å². The molecule has 8 heteroatoms. The van der Waals surface area contributed by atoms with E-state index >= 15 is 0 Å². The average Bonchev–Trinajstić information content (AvgIpc) is 2.29. The minimum Gasteiger partial charge on any atom is -0.319 e. The van der Waals surface area contributed by atoms with Crippen molar-refractivity contribution in [3.05, 3.63) is 38.2 Å². The number of carbonyl (C=O) groups excluding carboxylic acids is 2. The molecule has 98 valence electrons. The van der Waals surface area contributed by atoms with Crippen molar-refractivity contribution in [1.82, 2.24) is 15.3 Å². The molecule has 2 aromatic rings. The number of nitrogens with one attached hydrogen (secondary N) is 2. The van der Waals surface area contributed by atoms with Gasteiger partial charge < -0.3 is 4.98 Å². The van der Waals surface area contributed by atoms with E-state index in [1.54, 1.807) is 0 Å². The lowest BCUT2D eigenvalue weighted by molar-refractivity contribution is -0.118. The molecular formula is C11H7Cl2N3O3. The minimum absolute atomic E-state index is 0.242. The van der Waals surface area contributed by atoms with Gasteiger partial charge in [0.15, 0.2) is 5.69 Å². The number of hydrogen-bond donors (Lipinski definition) is 2. The van der Waals surface area contributed by atoms with Crippen molar-refractivity contribution in [3.63, 3.8) is 0 Å². The molecule has 2 rings (SSSR count). The SMILES string of the molecule is CC(=O)NC(=O)c1nc2cc(Cl)c(Cl)cc2[nH]c1=O. The maximum Gasteiger partial charge on any atom is 0.282 e. The standard InChI is InChI=1S/C11H7Cl2N3O3/c1-4(17)14-10(18)9-11(19)16-8-3-6(13)5(12)2-7(8)15-9/h2-3H,1H3,(H,16,19)(H,14,17,18). The monoisotopic (exact) mass is 299 g/mol. The third-order valence-corrected chi connectivity index (χ3v) is 2.96. The molecule has 0 unspecified atom stereocenters. The maximum atomic E-state index is 11.7. The Balaban J connectivity index is 2.61. The number of hydrogen-bond acceptors (Lipinski definition) is 4. The number of nitrogens with zero attached hydrogens (tertiary/aromatic N) is 1. The molecule has 2 amide bonds. The fraction of sp³-hybridized carbons (Fsp3) is 0.0909. The van der Waals surface area contributed by atoms with Gasteiger partial charge in [-0.2, -0.15) is 0 Å². The molecule has 0 aliphatic heterocycles. The van der Waals surface area contributed by atoms with Crippen LogP contribution in [-0.4, -0.2) is 21.8 Å². The van der Waals surface area contributed by atoms with Gasteiger partial charge in [-0.3, -0.25) is 19.7 Å². The number of imide groups is 1. The van der Waals surface area contributed by atoms with Gasteiger partial charge in [0.05, 0.1) is 21.1 Å². The first-order chi connectivity index (χ1) is 8.88. The van der Waals surface area contributed by atoms with Gasteiger partial charge in [-0.1, -0.05) is 23.2 Å². The first-order valence-corrected chi connectivity index (χ1v) is 5.85. The highest BCUT2D eigenvalue weighted by molar-refractivity contribution is 6.42. The van der Waals surface area contributed by atoms with Crippen LogP contribution in [0.2, 0.25) is 10.0 Å². The summed E-state index contributed by atoms with van der Waals surface area (Å²) in [5.74, 6) is -1.46. The van der Waals surface area contributed by atoms with Crippen LogP contribution in [0.5, 0.6) is 0 Å². The van der Waals surface area contributed by atoms with E-state index < -0.39 is 23.1 Å². The summed E-state index contributed by atoms with van der Waals surface area (Å²) in [4.78, 5) is 40.4. The lowest BCUT2D eigenvalue weighted by Crippen LogP contribution is -2.33. The molecule has 0 bridgehead atoms. The largest absolute Gasteiger partial charge is 0.319 e. The summed E-state index contributed by atoms with van der Waals surface area (Å²) in [6, 6.07) is 2.85. The first-order valence-electron chi connectivity index (χ1n) is 5.09. The quantitative estimate of drug-likeness (QED) is 0.835. The highest BCUT2D eigenvalue weighted by Gasteiger charge is 2.15. The van der Waals surface area contributed by atoms with E-state index in [-0.39, 0.29) is 10.0 Å². The molecular weight excluding hydrogens is 293 g/mol. The van der Waals surface area contributed by atoms with Gasteiger partial charge in [-0.15, -0.1) is 0 Å². The zero-order chi connectivity index (χ0) is 14.2. The van der Waals surface area contributed by atoms with Crippen molar-refractivity contribution in [3.8, 4) is 0 Å². The minimum atomic E-state index is -0.873. The Morgan fingerprint density at radius 3 is 2.53 bits per heavy atom. The number of amides is 2. The van der Waals surface area contributed by atoms with Crippen LogP contribution in [0.25, 0.3) is 11.0 Å². The molecule has 0 radical (unpaired) electrons. The molecule has 0 saturated carbocycles. The van der Waals surface area contributed by atoms with E-state index in [1.165, 1.54) is 12.1 Å². The molecule has 2 N–H and O–H groups in total. The molecule has 0 spiro atoms. The molecule has 1 aromatic heterocycles. The number of aromatic amines is 1. The number of aromatic nitrogens is 2. The lowest BCUT2D eigenvalue weighted by atomic mass is 10.3. The number of H-pyrrole nitrogens is 1. The van der Waals surface area contributed by atoms with Crippen molar-refractivity contribution >= 4 is 46.0 Å². The number of carbonyl (C=O) groups is 2. The maximum absolute atomic E-state index is 11.7. The molecule has 0 fully saturated rings. The van der Waals surface area contributed by atoms with Crippen LogP contribution in [0.1, 0.15) is 17.4 Å². The number of halogens is 2. The second-order valence-corrected chi connectivity index (χ2v) is 4.52. The molecule has 0 aliphatic rings. The molecule has 0 saturated heterocycles. The Bertz CT molecular complexity index is 755. The predicted molar refractivity (Wildman–Crippen MR) is 70.5 cm³/mol. The second-order valence-electron chi connectivity index (χ2n) is 3.71. The highest BCUT2D eigenvalue weighted by atomic mass is 35.5. The number of rotatable bonds is 1. The van der Waals surface area contributed by atoms with Gasteiger partial charge in [0.1, 0.15) is 0 Å². The third kappa shape index (κ3) is 2.74. The Labute approximate surface area is 116 Å². The molecule has 19 heavy (non-hydrogen) atoms. The van der Waals surface area contributed by atoms with E-state index in [9.17, 15) is 14.4 Å². The number of fused-ring (bicyclic) bond motifs is 1. The zero-order valence-corrected chi connectivity index (χ0v) is 11.1. The van der Waals surface area contributed by atoms with Gasteiger partial charge in [-0.05, 0) is 12.1 Å². The second kappa shape index (κ2) is 4.99. The van der Waals surface area contributed by atoms with Crippen LogP contribution in [0, 0.1) is 0 Å². The van der Waals surface area contributed by atoms with Gasteiger partial charge in [0.25, 0.3) is 11.5 Å². The van der Waals surface area contributed by atoms with Crippen LogP contribution >= 0.6 is 23.2 Å². The Morgan fingerprint density at radius 2 is 1.89 bits per heavy atom.